The maximum absolute atomic E-state index is 13.3. The number of aliphatic hydroxyl groups excluding tert-OH is 1. The summed E-state index contributed by atoms with van der Waals surface area (Å²) in [5.74, 6) is 0.0544. The highest BCUT2D eigenvalue weighted by Crippen LogP contribution is 2.31. The molecule has 2 heterocycles. The molecule has 1 aliphatic rings. The Kier molecular flexibility index (Phi) is 6.87. The lowest BCUT2D eigenvalue weighted by molar-refractivity contribution is 0.0416. The maximum Gasteiger partial charge on any atom is 0.280 e. The number of benzene rings is 1. The van der Waals surface area contributed by atoms with Gasteiger partial charge in [-0.3, -0.25) is 9.52 Å². The summed E-state index contributed by atoms with van der Waals surface area (Å²) >= 11 is 0. The molecule has 11 heteroatoms. The van der Waals surface area contributed by atoms with Gasteiger partial charge < -0.3 is 24.6 Å². The fourth-order valence-electron chi connectivity index (χ4n) is 3.47. The quantitative estimate of drug-likeness (QED) is 0.565. The zero-order valence-electron chi connectivity index (χ0n) is 18.1. The molecule has 0 saturated heterocycles. The number of nitrogens with one attached hydrogen (secondary N) is 2. The first-order valence-electron chi connectivity index (χ1n) is 10.0. The van der Waals surface area contributed by atoms with Gasteiger partial charge in [0.1, 0.15) is 11.9 Å². The maximum atomic E-state index is 13.3. The number of ether oxygens (including phenoxy) is 1. The fourth-order valence-corrected chi connectivity index (χ4v) is 4.50. The molecule has 10 nitrogen and oxygen atoms in total. The third-order valence-corrected chi connectivity index (χ3v) is 6.54. The van der Waals surface area contributed by atoms with Crippen LogP contribution in [-0.4, -0.2) is 72.8 Å². The lowest BCUT2D eigenvalue weighted by Gasteiger charge is -2.37. The molecule has 170 valence electrons. The van der Waals surface area contributed by atoms with Gasteiger partial charge in [-0.15, -0.1) is 0 Å². The Morgan fingerprint density at radius 3 is 2.74 bits per heavy atom. The second-order valence-electron chi connectivity index (χ2n) is 7.87. The number of aromatic nitrogens is 2. The first-order valence-corrected chi connectivity index (χ1v) is 11.5. The standard InChI is InChI=1S/C20H29N5O5S/c1-13-9-25(14(2)11-26)20(27)16-7-15(5-6-17(16)30-18(13)8-21-3)23-31(28,29)19-10-24(4)12-22-19/h5-7,10,12-14,18,21,23,26H,8-9,11H2,1-4H3/t13-,14-,18+/m1/s1. The van der Waals surface area contributed by atoms with Crippen LogP contribution in [0.3, 0.4) is 0 Å². The average Bonchev–Trinajstić information content (AvgIpc) is 3.18. The lowest BCUT2D eigenvalue weighted by atomic mass is 9.99. The topological polar surface area (TPSA) is 126 Å². The van der Waals surface area contributed by atoms with Crippen molar-refractivity contribution in [2.75, 3.05) is 31.5 Å². The number of carbonyl (C=O) groups is 1. The normalized spacial score (nSPS) is 20.4. The van der Waals surface area contributed by atoms with Gasteiger partial charge in [0.05, 0.1) is 24.5 Å². The molecule has 0 radical (unpaired) electrons. The summed E-state index contributed by atoms with van der Waals surface area (Å²) in [7, 11) is -0.416. The number of aliphatic hydroxyl groups is 1. The molecular weight excluding hydrogens is 422 g/mol. The van der Waals surface area contributed by atoms with E-state index in [4.69, 9.17) is 4.74 Å². The van der Waals surface area contributed by atoms with E-state index < -0.39 is 16.1 Å². The molecule has 0 unspecified atom stereocenters. The predicted octanol–water partition coefficient (Wildman–Crippen LogP) is 0.660. The summed E-state index contributed by atoms with van der Waals surface area (Å²) in [6, 6.07) is 4.20. The average molecular weight is 452 g/mol. The van der Waals surface area contributed by atoms with Gasteiger partial charge in [0, 0.05) is 37.9 Å². The molecule has 1 aromatic carbocycles. The number of rotatable bonds is 7. The van der Waals surface area contributed by atoms with Crippen LogP contribution in [0, 0.1) is 5.92 Å². The van der Waals surface area contributed by atoms with E-state index in [1.165, 1.54) is 23.2 Å². The molecule has 0 saturated carbocycles. The zero-order chi connectivity index (χ0) is 22.8. The van der Waals surface area contributed by atoms with Crippen molar-refractivity contribution in [2.45, 2.75) is 31.0 Å². The number of nitrogens with zero attached hydrogens (tertiary/aromatic N) is 3. The molecule has 0 spiro atoms. The Morgan fingerprint density at radius 2 is 2.13 bits per heavy atom. The highest BCUT2D eigenvalue weighted by molar-refractivity contribution is 7.92. The highest BCUT2D eigenvalue weighted by atomic mass is 32.2. The molecule has 3 rings (SSSR count). The van der Waals surface area contributed by atoms with Gasteiger partial charge in [-0.2, -0.15) is 8.42 Å². The Bertz CT molecular complexity index is 1040. The number of likely N-dealkylation sites (N-methyl/N-ethyl adjacent to an activating group) is 1. The van der Waals surface area contributed by atoms with Crippen molar-refractivity contribution in [1.82, 2.24) is 19.8 Å². The fraction of sp³-hybridized carbons (Fsp3) is 0.500. The van der Waals surface area contributed by atoms with Crippen LogP contribution in [0.2, 0.25) is 0 Å². The van der Waals surface area contributed by atoms with Crippen molar-refractivity contribution >= 4 is 21.6 Å². The number of anilines is 1. The number of aryl methyl sites for hydroxylation is 1. The van der Waals surface area contributed by atoms with Crippen molar-refractivity contribution < 1.29 is 23.1 Å². The first-order chi connectivity index (χ1) is 14.7. The van der Waals surface area contributed by atoms with E-state index in [1.807, 2.05) is 14.0 Å². The van der Waals surface area contributed by atoms with Gasteiger partial charge in [-0.05, 0) is 32.2 Å². The highest BCUT2D eigenvalue weighted by Gasteiger charge is 2.33. The van der Waals surface area contributed by atoms with Crippen LogP contribution in [0.4, 0.5) is 5.69 Å². The number of hydrogen-bond acceptors (Lipinski definition) is 7. The van der Waals surface area contributed by atoms with Gasteiger partial charge in [0.25, 0.3) is 15.9 Å². The third kappa shape index (κ3) is 5.00. The monoisotopic (exact) mass is 451 g/mol. The molecule has 1 aliphatic heterocycles. The number of imidazole rings is 1. The largest absolute Gasteiger partial charge is 0.488 e. The molecule has 31 heavy (non-hydrogen) atoms. The van der Waals surface area contributed by atoms with Crippen molar-refractivity contribution in [3.63, 3.8) is 0 Å². The van der Waals surface area contributed by atoms with Crippen molar-refractivity contribution in [3.05, 3.63) is 36.3 Å². The van der Waals surface area contributed by atoms with Gasteiger partial charge in [0.2, 0.25) is 0 Å². The summed E-state index contributed by atoms with van der Waals surface area (Å²) in [6.07, 6.45) is 2.57. The van der Waals surface area contributed by atoms with Crippen LogP contribution < -0.4 is 14.8 Å². The van der Waals surface area contributed by atoms with Crippen molar-refractivity contribution in [2.24, 2.45) is 13.0 Å². The molecule has 0 aliphatic carbocycles. The van der Waals surface area contributed by atoms with E-state index in [9.17, 15) is 18.3 Å². The van der Waals surface area contributed by atoms with Crippen LogP contribution in [0.25, 0.3) is 0 Å². The SMILES string of the molecule is CNC[C@@H]1Oc2ccc(NS(=O)(=O)c3cn(C)cn3)cc2C(=O)N([C@H](C)CO)C[C@H]1C. The van der Waals surface area contributed by atoms with Gasteiger partial charge >= 0.3 is 0 Å². The molecule has 1 aromatic heterocycles. The molecule has 0 fully saturated rings. The number of sulfonamides is 1. The van der Waals surface area contributed by atoms with Crippen molar-refractivity contribution in [3.8, 4) is 5.75 Å². The lowest BCUT2D eigenvalue weighted by Crippen LogP contribution is -2.49. The predicted molar refractivity (Wildman–Crippen MR) is 116 cm³/mol. The Morgan fingerprint density at radius 1 is 1.39 bits per heavy atom. The Balaban J connectivity index is 2.00. The summed E-state index contributed by atoms with van der Waals surface area (Å²) in [4.78, 5) is 18.8. The van der Waals surface area contributed by atoms with Crippen LogP contribution in [0.15, 0.2) is 35.7 Å². The summed E-state index contributed by atoms with van der Waals surface area (Å²) in [6.45, 7) is 4.55. The van der Waals surface area contributed by atoms with Crippen LogP contribution in [0.5, 0.6) is 5.75 Å². The molecule has 3 N–H and O–H groups in total. The second kappa shape index (κ2) is 9.25. The van der Waals surface area contributed by atoms with Crippen molar-refractivity contribution in [1.29, 1.82) is 0 Å². The van der Waals surface area contributed by atoms with E-state index >= 15 is 0 Å². The first kappa shape index (κ1) is 23.0. The van der Waals surface area contributed by atoms with E-state index in [1.54, 1.807) is 31.0 Å². The summed E-state index contributed by atoms with van der Waals surface area (Å²) in [5.41, 5.74) is 0.450. The summed E-state index contributed by atoms with van der Waals surface area (Å²) < 4.78 is 35.4. The second-order valence-corrected chi connectivity index (χ2v) is 9.50. The Labute approximate surface area is 182 Å². The van der Waals surface area contributed by atoms with Gasteiger partial charge in [0.15, 0.2) is 5.03 Å². The van der Waals surface area contributed by atoms with Crippen LogP contribution in [0.1, 0.15) is 24.2 Å². The third-order valence-electron chi connectivity index (χ3n) is 5.28. The number of amides is 1. The van der Waals surface area contributed by atoms with Gasteiger partial charge in [-0.25, -0.2) is 4.98 Å². The molecule has 2 aromatic rings. The van der Waals surface area contributed by atoms with E-state index in [-0.39, 0.29) is 40.8 Å². The minimum Gasteiger partial charge on any atom is -0.488 e. The molecular formula is C20H29N5O5S. The molecule has 0 bridgehead atoms. The summed E-state index contributed by atoms with van der Waals surface area (Å²) in [5, 5.41) is 12.6. The zero-order valence-corrected chi connectivity index (χ0v) is 18.9. The van der Waals surface area contributed by atoms with E-state index in [0.717, 1.165) is 0 Å². The molecule has 3 atom stereocenters. The van der Waals surface area contributed by atoms with Crippen LogP contribution >= 0.6 is 0 Å². The number of fused-ring (bicyclic) bond motifs is 1. The van der Waals surface area contributed by atoms with Crippen LogP contribution in [-0.2, 0) is 17.1 Å². The minimum atomic E-state index is -3.91. The molecule has 1 amide bonds. The number of carbonyl (C=O) groups excluding carboxylic acids is 1. The minimum absolute atomic E-state index is 0.0147. The van der Waals surface area contributed by atoms with Gasteiger partial charge in [-0.1, -0.05) is 6.92 Å². The van der Waals surface area contributed by atoms with E-state index in [0.29, 0.717) is 18.8 Å². The van der Waals surface area contributed by atoms with E-state index in [2.05, 4.69) is 15.0 Å². The smallest absolute Gasteiger partial charge is 0.280 e. The Hall–Kier alpha value is -2.63. The number of hydrogen-bond donors (Lipinski definition) is 3.